The van der Waals surface area contributed by atoms with Gasteiger partial charge in [0, 0.05) is 18.8 Å². The van der Waals surface area contributed by atoms with Crippen molar-refractivity contribution < 1.29 is 0 Å². The normalized spacial score (nSPS) is 11.0. The summed E-state index contributed by atoms with van der Waals surface area (Å²) < 4.78 is 0. The van der Waals surface area contributed by atoms with E-state index in [1.807, 2.05) is 25.1 Å². The van der Waals surface area contributed by atoms with Crippen molar-refractivity contribution in [1.29, 1.82) is 0 Å². The number of hydrogen-bond donors (Lipinski definition) is 2. The van der Waals surface area contributed by atoms with E-state index in [0.717, 1.165) is 36.9 Å². The van der Waals surface area contributed by atoms with Crippen LogP contribution in [0.1, 0.15) is 35.0 Å². The lowest BCUT2D eigenvalue weighted by Gasteiger charge is -2.12. The Balaban J connectivity index is 0.00000312. The number of halogens is 1. The Morgan fingerprint density at radius 1 is 1.04 bits per heavy atom. The lowest BCUT2D eigenvalue weighted by Crippen LogP contribution is -2.38. The number of aromatic nitrogens is 1. The molecular weight excluding hydrogens is 423 g/mol. The van der Waals surface area contributed by atoms with Gasteiger partial charge < -0.3 is 10.6 Å². The quantitative estimate of drug-likeness (QED) is 0.397. The third kappa shape index (κ3) is 7.86. The van der Waals surface area contributed by atoms with Gasteiger partial charge in [0.2, 0.25) is 0 Å². The molecule has 0 amide bonds. The number of nitrogens with zero attached hydrogens (tertiary/aromatic N) is 2. The molecule has 5 heteroatoms. The predicted octanol–water partition coefficient (Wildman–Crippen LogP) is 3.92. The number of rotatable bonds is 6. The van der Waals surface area contributed by atoms with Crippen LogP contribution in [0.3, 0.4) is 0 Å². The third-order valence-corrected chi connectivity index (χ3v) is 3.68. The SMILES string of the molecule is CCNC(=NCc1cccc(C)n1)NCCc1cc(C)cc(C)c1.I. The number of aliphatic imine (C=N–C) groups is 1. The van der Waals surface area contributed by atoms with Gasteiger partial charge in [-0.25, -0.2) is 4.99 Å². The molecule has 136 valence electrons. The van der Waals surface area contributed by atoms with E-state index in [4.69, 9.17) is 0 Å². The summed E-state index contributed by atoms with van der Waals surface area (Å²) in [5, 5.41) is 6.69. The molecule has 0 aliphatic heterocycles. The highest BCUT2D eigenvalue weighted by Gasteiger charge is 2.00. The summed E-state index contributed by atoms with van der Waals surface area (Å²) in [5.74, 6) is 0.838. The Hall–Kier alpha value is -1.63. The average Bonchev–Trinajstić information content (AvgIpc) is 2.52. The van der Waals surface area contributed by atoms with Crippen molar-refractivity contribution in [3.05, 3.63) is 64.5 Å². The van der Waals surface area contributed by atoms with Crippen LogP contribution in [-0.2, 0) is 13.0 Å². The smallest absolute Gasteiger partial charge is 0.191 e. The third-order valence-electron chi connectivity index (χ3n) is 3.68. The number of hydrogen-bond acceptors (Lipinski definition) is 2. The summed E-state index contributed by atoms with van der Waals surface area (Å²) in [4.78, 5) is 9.11. The van der Waals surface area contributed by atoms with Crippen molar-refractivity contribution >= 4 is 29.9 Å². The number of pyridine rings is 1. The maximum atomic E-state index is 4.62. The van der Waals surface area contributed by atoms with Gasteiger partial charge in [-0.05, 0) is 51.8 Å². The molecule has 0 unspecified atom stereocenters. The van der Waals surface area contributed by atoms with E-state index in [-0.39, 0.29) is 24.0 Å². The molecule has 0 saturated carbocycles. The second-order valence-corrected chi connectivity index (χ2v) is 6.14. The fourth-order valence-corrected chi connectivity index (χ4v) is 2.73. The van der Waals surface area contributed by atoms with E-state index >= 15 is 0 Å². The molecule has 0 bridgehead atoms. The summed E-state index contributed by atoms with van der Waals surface area (Å²) >= 11 is 0. The van der Waals surface area contributed by atoms with Crippen molar-refractivity contribution in [2.45, 2.75) is 40.7 Å². The van der Waals surface area contributed by atoms with E-state index in [0.29, 0.717) is 6.54 Å². The first kappa shape index (κ1) is 21.4. The summed E-state index contributed by atoms with van der Waals surface area (Å²) in [6.07, 6.45) is 0.982. The zero-order valence-corrected chi connectivity index (χ0v) is 17.9. The highest BCUT2D eigenvalue weighted by Crippen LogP contribution is 2.09. The summed E-state index contributed by atoms with van der Waals surface area (Å²) in [6.45, 7) is 10.6. The molecule has 1 aromatic heterocycles. The number of aryl methyl sites for hydroxylation is 3. The lowest BCUT2D eigenvalue weighted by molar-refractivity contribution is 0.795. The van der Waals surface area contributed by atoms with Crippen molar-refractivity contribution in [1.82, 2.24) is 15.6 Å². The molecule has 1 heterocycles. The Morgan fingerprint density at radius 3 is 2.40 bits per heavy atom. The minimum Gasteiger partial charge on any atom is -0.357 e. The van der Waals surface area contributed by atoms with Gasteiger partial charge in [0.05, 0.1) is 12.2 Å². The first-order valence-corrected chi connectivity index (χ1v) is 8.58. The minimum absolute atomic E-state index is 0. The van der Waals surface area contributed by atoms with Gasteiger partial charge in [-0.15, -0.1) is 24.0 Å². The number of benzene rings is 1. The summed E-state index contributed by atoms with van der Waals surface area (Å²) in [5.41, 5.74) is 6.00. The highest BCUT2D eigenvalue weighted by molar-refractivity contribution is 14.0. The zero-order chi connectivity index (χ0) is 17.4. The van der Waals surface area contributed by atoms with Gasteiger partial charge in [-0.1, -0.05) is 35.4 Å². The van der Waals surface area contributed by atoms with E-state index in [1.165, 1.54) is 16.7 Å². The van der Waals surface area contributed by atoms with Gasteiger partial charge in [-0.2, -0.15) is 0 Å². The molecule has 2 rings (SSSR count). The van der Waals surface area contributed by atoms with Crippen LogP contribution in [0.15, 0.2) is 41.4 Å². The Morgan fingerprint density at radius 2 is 1.76 bits per heavy atom. The van der Waals surface area contributed by atoms with E-state index in [2.05, 4.69) is 59.6 Å². The molecule has 0 aliphatic rings. The molecule has 25 heavy (non-hydrogen) atoms. The van der Waals surface area contributed by atoms with Gasteiger partial charge >= 0.3 is 0 Å². The largest absolute Gasteiger partial charge is 0.357 e. The predicted molar refractivity (Wildman–Crippen MR) is 117 cm³/mol. The summed E-state index contributed by atoms with van der Waals surface area (Å²) in [6, 6.07) is 12.7. The van der Waals surface area contributed by atoms with Crippen LogP contribution in [-0.4, -0.2) is 24.0 Å². The first-order chi connectivity index (χ1) is 11.6. The van der Waals surface area contributed by atoms with Crippen LogP contribution in [0.4, 0.5) is 0 Å². The molecule has 0 aliphatic carbocycles. The van der Waals surface area contributed by atoms with Gasteiger partial charge in [-0.3, -0.25) is 4.98 Å². The number of nitrogens with one attached hydrogen (secondary N) is 2. The van der Waals surface area contributed by atoms with Crippen molar-refractivity contribution in [2.75, 3.05) is 13.1 Å². The second kappa shape index (κ2) is 11.1. The van der Waals surface area contributed by atoms with Crippen molar-refractivity contribution in [3.63, 3.8) is 0 Å². The highest BCUT2D eigenvalue weighted by atomic mass is 127. The Kier molecular flexibility index (Phi) is 9.49. The van der Waals surface area contributed by atoms with Crippen molar-refractivity contribution in [3.8, 4) is 0 Å². The zero-order valence-electron chi connectivity index (χ0n) is 15.6. The van der Waals surface area contributed by atoms with Crippen LogP contribution in [0.2, 0.25) is 0 Å². The molecule has 0 radical (unpaired) electrons. The minimum atomic E-state index is 0. The van der Waals surface area contributed by atoms with Crippen LogP contribution < -0.4 is 10.6 Å². The molecular formula is C20H29IN4. The van der Waals surface area contributed by atoms with Crippen LogP contribution >= 0.6 is 24.0 Å². The average molecular weight is 452 g/mol. The van der Waals surface area contributed by atoms with E-state index < -0.39 is 0 Å². The van der Waals surface area contributed by atoms with Gasteiger partial charge in [0.1, 0.15) is 0 Å². The van der Waals surface area contributed by atoms with E-state index in [9.17, 15) is 0 Å². The molecule has 1 aromatic carbocycles. The maximum Gasteiger partial charge on any atom is 0.191 e. The van der Waals surface area contributed by atoms with Crippen LogP contribution in [0, 0.1) is 20.8 Å². The Labute approximate surface area is 168 Å². The standard InChI is InChI=1S/C20H28N4.HI/c1-5-21-20(23-14-19-8-6-7-17(4)24-19)22-10-9-18-12-15(2)11-16(3)13-18;/h6-8,11-13H,5,9-10,14H2,1-4H3,(H2,21,22,23);1H. The molecule has 4 nitrogen and oxygen atoms in total. The lowest BCUT2D eigenvalue weighted by atomic mass is 10.1. The van der Waals surface area contributed by atoms with Crippen LogP contribution in [0.5, 0.6) is 0 Å². The molecule has 0 saturated heterocycles. The number of guanidine groups is 1. The van der Waals surface area contributed by atoms with Gasteiger partial charge in [0.15, 0.2) is 5.96 Å². The van der Waals surface area contributed by atoms with Gasteiger partial charge in [0.25, 0.3) is 0 Å². The van der Waals surface area contributed by atoms with Crippen molar-refractivity contribution in [2.24, 2.45) is 4.99 Å². The van der Waals surface area contributed by atoms with E-state index in [1.54, 1.807) is 0 Å². The fourth-order valence-electron chi connectivity index (χ4n) is 2.73. The second-order valence-electron chi connectivity index (χ2n) is 6.14. The van der Waals surface area contributed by atoms with Crippen LogP contribution in [0.25, 0.3) is 0 Å². The maximum absolute atomic E-state index is 4.62. The molecule has 0 spiro atoms. The molecule has 0 atom stereocenters. The molecule has 2 N–H and O–H groups in total. The fraction of sp³-hybridized carbons (Fsp3) is 0.400. The first-order valence-electron chi connectivity index (χ1n) is 8.58. The topological polar surface area (TPSA) is 49.3 Å². The molecule has 2 aromatic rings. The molecule has 0 fully saturated rings. The summed E-state index contributed by atoms with van der Waals surface area (Å²) in [7, 11) is 0. The Bertz CT molecular complexity index is 678. The monoisotopic (exact) mass is 452 g/mol.